The first kappa shape index (κ1) is 27.7. The number of hydrogen-bond acceptors (Lipinski definition) is 3. The van der Waals surface area contributed by atoms with Crippen LogP contribution in [0, 0.1) is 11.7 Å². The number of nitrogens with one attached hydrogen (secondary N) is 2. The van der Waals surface area contributed by atoms with Gasteiger partial charge in [-0.1, -0.05) is 31.4 Å². The molecule has 0 saturated heterocycles. The number of H-pyrrole nitrogens is 2. The number of benzene rings is 2. The van der Waals surface area contributed by atoms with Crippen molar-refractivity contribution in [3.8, 4) is 0 Å². The van der Waals surface area contributed by atoms with E-state index in [1.165, 1.54) is 48.6 Å². The van der Waals surface area contributed by atoms with Crippen molar-refractivity contribution >= 4 is 21.8 Å². The Bertz CT molecular complexity index is 1550. The zero-order valence-corrected chi connectivity index (χ0v) is 24.3. The van der Waals surface area contributed by atoms with Crippen LogP contribution in [0.5, 0.6) is 0 Å². The Balaban J connectivity index is 1.15. The molecule has 0 aliphatic heterocycles. The molecule has 5 aromatic rings. The number of fused-ring (bicyclic) bond motifs is 2. The normalized spacial score (nSPS) is 16.2. The van der Waals surface area contributed by atoms with Crippen molar-refractivity contribution in [1.29, 1.82) is 0 Å². The van der Waals surface area contributed by atoms with Crippen LogP contribution in [-0.2, 0) is 0 Å². The summed E-state index contributed by atoms with van der Waals surface area (Å²) >= 11 is 0. The Morgan fingerprint density at radius 3 is 2.39 bits per heavy atom. The van der Waals surface area contributed by atoms with E-state index in [1.807, 2.05) is 30.6 Å². The summed E-state index contributed by atoms with van der Waals surface area (Å²) in [4.78, 5) is 11.0. The lowest BCUT2D eigenvalue weighted by Gasteiger charge is -2.34. The van der Waals surface area contributed by atoms with Crippen LogP contribution in [0.15, 0.2) is 79.3 Å². The SMILES string of the molecule is CN(CCC(c1cc(F)c2[nH]ccc2c1)c1ccccn1)N(C)CCC(c1ccc2[nH]ccc2c1)C1CCCCC1. The first-order valence-corrected chi connectivity index (χ1v) is 15.2. The van der Waals surface area contributed by atoms with E-state index in [0.29, 0.717) is 11.4 Å². The minimum atomic E-state index is -0.208. The highest BCUT2D eigenvalue weighted by Gasteiger charge is 2.26. The molecular formula is C35H42FN5. The molecule has 2 unspecified atom stereocenters. The standard InChI is InChI=1S/C35H42FN5/c1-40(20-15-30(25-8-4-3-5-9-25)26-11-12-33-27(22-26)13-18-38-33)41(2)21-16-31(34-10-6-7-17-37-34)29-23-28-14-19-39-35(28)32(36)24-29/h6-7,10-14,17-19,22-25,30-31,38-39H,3-5,8-9,15-16,20-21H2,1-2H3. The number of aromatic nitrogens is 3. The topological polar surface area (TPSA) is 51.0 Å². The van der Waals surface area contributed by atoms with E-state index >= 15 is 0 Å². The molecule has 0 amide bonds. The first-order valence-electron chi connectivity index (χ1n) is 15.2. The molecule has 1 aliphatic rings. The molecule has 6 heteroatoms. The van der Waals surface area contributed by atoms with Gasteiger partial charge in [0.2, 0.25) is 0 Å². The number of aromatic amines is 2. The van der Waals surface area contributed by atoms with Gasteiger partial charge in [-0.3, -0.25) is 4.98 Å². The fourth-order valence-electron chi connectivity index (χ4n) is 6.91. The first-order chi connectivity index (χ1) is 20.1. The van der Waals surface area contributed by atoms with E-state index < -0.39 is 0 Å². The molecule has 0 spiro atoms. The van der Waals surface area contributed by atoms with Crippen LogP contribution in [0.4, 0.5) is 4.39 Å². The van der Waals surface area contributed by atoms with Crippen LogP contribution in [0.25, 0.3) is 21.8 Å². The van der Waals surface area contributed by atoms with Crippen LogP contribution >= 0.6 is 0 Å². The summed E-state index contributed by atoms with van der Waals surface area (Å²) in [5.41, 5.74) is 5.22. The second-order valence-electron chi connectivity index (χ2n) is 11.9. The fraction of sp³-hybridized carbons (Fsp3) is 0.400. The summed E-state index contributed by atoms with van der Waals surface area (Å²) in [6, 6.07) is 20.9. The quantitative estimate of drug-likeness (QED) is 0.163. The van der Waals surface area contributed by atoms with E-state index in [4.69, 9.17) is 0 Å². The van der Waals surface area contributed by atoms with Crippen molar-refractivity contribution in [1.82, 2.24) is 25.0 Å². The van der Waals surface area contributed by atoms with Crippen molar-refractivity contribution < 1.29 is 4.39 Å². The van der Waals surface area contributed by atoms with Gasteiger partial charge in [0, 0.05) is 68.3 Å². The van der Waals surface area contributed by atoms with Gasteiger partial charge in [-0.05, 0) is 103 Å². The molecule has 5 nitrogen and oxygen atoms in total. The summed E-state index contributed by atoms with van der Waals surface area (Å²) in [5.74, 6) is 1.14. The van der Waals surface area contributed by atoms with Gasteiger partial charge in [0.15, 0.2) is 0 Å². The second kappa shape index (κ2) is 12.6. The maximum atomic E-state index is 14.9. The van der Waals surface area contributed by atoms with Crippen molar-refractivity contribution in [3.05, 3.63) is 102 Å². The number of rotatable bonds is 11. The zero-order valence-electron chi connectivity index (χ0n) is 24.3. The molecule has 3 heterocycles. The molecule has 1 aliphatic carbocycles. The van der Waals surface area contributed by atoms with Gasteiger partial charge in [-0.15, -0.1) is 0 Å². The van der Waals surface area contributed by atoms with E-state index in [-0.39, 0.29) is 11.7 Å². The predicted octanol–water partition coefficient (Wildman–Crippen LogP) is 8.24. The molecule has 214 valence electrons. The third kappa shape index (κ3) is 6.24. The van der Waals surface area contributed by atoms with Gasteiger partial charge in [-0.2, -0.15) is 0 Å². The van der Waals surface area contributed by atoms with Crippen LogP contribution in [0.2, 0.25) is 0 Å². The highest BCUT2D eigenvalue weighted by Crippen LogP contribution is 2.39. The monoisotopic (exact) mass is 551 g/mol. The number of halogens is 1. The minimum Gasteiger partial charge on any atom is -0.361 e. The summed E-state index contributed by atoms with van der Waals surface area (Å²) in [5, 5.41) is 6.91. The Kier molecular flexibility index (Phi) is 8.49. The Labute approximate surface area is 242 Å². The fourth-order valence-corrected chi connectivity index (χ4v) is 6.91. The lowest BCUT2D eigenvalue weighted by Crippen LogP contribution is -2.39. The highest BCUT2D eigenvalue weighted by molar-refractivity contribution is 5.81. The van der Waals surface area contributed by atoms with E-state index in [0.717, 1.165) is 48.5 Å². The van der Waals surface area contributed by atoms with Gasteiger partial charge in [0.25, 0.3) is 0 Å². The van der Waals surface area contributed by atoms with Crippen LogP contribution < -0.4 is 0 Å². The minimum absolute atomic E-state index is 0.0175. The largest absolute Gasteiger partial charge is 0.361 e. The molecule has 6 rings (SSSR count). The molecule has 1 saturated carbocycles. The van der Waals surface area contributed by atoms with E-state index in [1.54, 1.807) is 12.3 Å². The molecular weight excluding hydrogens is 509 g/mol. The summed E-state index contributed by atoms with van der Waals surface area (Å²) in [6.07, 6.45) is 14.4. The second-order valence-corrected chi connectivity index (χ2v) is 11.9. The van der Waals surface area contributed by atoms with Gasteiger partial charge < -0.3 is 9.97 Å². The number of pyridine rings is 1. The Morgan fingerprint density at radius 1 is 0.829 bits per heavy atom. The predicted molar refractivity (Wildman–Crippen MR) is 166 cm³/mol. The molecule has 2 aromatic carbocycles. The average Bonchev–Trinajstić information content (AvgIpc) is 3.68. The molecule has 2 N–H and O–H groups in total. The number of hydrazine groups is 1. The lowest BCUT2D eigenvalue weighted by molar-refractivity contribution is 0.0203. The van der Waals surface area contributed by atoms with Gasteiger partial charge in [-0.25, -0.2) is 14.4 Å². The molecule has 41 heavy (non-hydrogen) atoms. The van der Waals surface area contributed by atoms with Crippen molar-refractivity contribution in [2.45, 2.75) is 56.8 Å². The maximum absolute atomic E-state index is 14.9. The summed E-state index contributed by atoms with van der Waals surface area (Å²) in [6.45, 7) is 1.86. The number of hydrogen-bond donors (Lipinski definition) is 2. The van der Waals surface area contributed by atoms with Crippen molar-refractivity contribution in [3.63, 3.8) is 0 Å². The maximum Gasteiger partial charge on any atom is 0.147 e. The van der Waals surface area contributed by atoms with Gasteiger partial charge in [0.1, 0.15) is 5.82 Å². The van der Waals surface area contributed by atoms with E-state index in [9.17, 15) is 4.39 Å². The zero-order chi connectivity index (χ0) is 28.2. The van der Waals surface area contributed by atoms with Crippen LogP contribution in [-0.4, -0.2) is 52.2 Å². The van der Waals surface area contributed by atoms with E-state index in [2.05, 4.69) is 75.5 Å². The molecule has 0 bridgehead atoms. The van der Waals surface area contributed by atoms with Gasteiger partial charge in [0.05, 0.1) is 5.52 Å². The van der Waals surface area contributed by atoms with Crippen molar-refractivity contribution in [2.75, 3.05) is 27.2 Å². The van der Waals surface area contributed by atoms with Crippen molar-refractivity contribution in [2.24, 2.45) is 5.92 Å². The highest BCUT2D eigenvalue weighted by atomic mass is 19.1. The summed E-state index contributed by atoms with van der Waals surface area (Å²) in [7, 11) is 4.38. The third-order valence-corrected chi connectivity index (χ3v) is 9.39. The lowest BCUT2D eigenvalue weighted by atomic mass is 9.75. The molecule has 3 aromatic heterocycles. The Morgan fingerprint density at radius 2 is 1.59 bits per heavy atom. The summed E-state index contributed by atoms with van der Waals surface area (Å²) < 4.78 is 14.9. The Hall–Kier alpha value is -3.48. The van der Waals surface area contributed by atoms with Crippen LogP contribution in [0.1, 0.15) is 73.6 Å². The molecule has 1 fully saturated rings. The van der Waals surface area contributed by atoms with Gasteiger partial charge >= 0.3 is 0 Å². The number of nitrogens with zero attached hydrogens (tertiary/aromatic N) is 3. The van der Waals surface area contributed by atoms with Crippen LogP contribution in [0.3, 0.4) is 0 Å². The molecule has 2 atom stereocenters. The molecule has 0 radical (unpaired) electrons. The average molecular weight is 552 g/mol. The smallest absolute Gasteiger partial charge is 0.147 e. The third-order valence-electron chi connectivity index (χ3n) is 9.39.